The second-order valence-corrected chi connectivity index (χ2v) is 11.4. The van der Waals surface area contributed by atoms with E-state index in [4.69, 9.17) is 9.84 Å². The average molecular weight is 518 g/mol. The molecule has 0 heterocycles. The fraction of sp³-hybridized carbons (Fsp3) is 0.567. The molecule has 1 saturated carbocycles. The summed E-state index contributed by atoms with van der Waals surface area (Å²) < 4.78 is 34.9. The minimum Gasteiger partial charge on any atom is -0.490 e. The second-order valence-electron chi connectivity index (χ2n) is 11.4. The third-order valence-electron chi connectivity index (χ3n) is 7.66. The van der Waals surface area contributed by atoms with Crippen LogP contribution in [0, 0.1) is 29.4 Å². The molecular weight excluding hydrogens is 476 g/mol. The summed E-state index contributed by atoms with van der Waals surface area (Å²) in [5.41, 5.74) is 0.549. The molecule has 0 spiro atoms. The number of hydrogen-bond donors (Lipinski definition) is 3. The summed E-state index contributed by atoms with van der Waals surface area (Å²) in [6, 6.07) is 10.2. The van der Waals surface area contributed by atoms with Crippen molar-refractivity contribution in [2.24, 2.45) is 17.8 Å². The van der Waals surface area contributed by atoms with Crippen molar-refractivity contribution in [1.29, 1.82) is 0 Å². The first-order valence-electron chi connectivity index (χ1n) is 13.3. The van der Waals surface area contributed by atoms with Gasteiger partial charge in [-0.1, -0.05) is 39.3 Å². The van der Waals surface area contributed by atoms with Gasteiger partial charge in [-0.25, -0.2) is 8.78 Å². The molecule has 0 aliphatic heterocycles. The quantitative estimate of drug-likeness (QED) is 0.322. The van der Waals surface area contributed by atoms with Gasteiger partial charge in [-0.2, -0.15) is 0 Å². The zero-order valence-corrected chi connectivity index (χ0v) is 22.6. The highest BCUT2D eigenvalue weighted by atomic mass is 19.2. The lowest BCUT2D eigenvalue weighted by atomic mass is 9.75. The SMILES string of the molecule is CC1CCC(C(C)C)C(Oc2ccc(C(C)(C)NC[C@@H](O)c3cc(CCC(=O)O)cc(F)c3F)cc2)C1. The lowest BCUT2D eigenvalue weighted by molar-refractivity contribution is -0.136. The van der Waals surface area contributed by atoms with E-state index in [-0.39, 0.29) is 31.1 Å². The molecule has 2 aromatic rings. The van der Waals surface area contributed by atoms with Gasteiger partial charge >= 0.3 is 5.97 Å². The maximum Gasteiger partial charge on any atom is 0.303 e. The van der Waals surface area contributed by atoms with Crippen LogP contribution in [0.15, 0.2) is 36.4 Å². The van der Waals surface area contributed by atoms with Crippen LogP contribution >= 0.6 is 0 Å². The van der Waals surface area contributed by atoms with Crippen LogP contribution in [0.5, 0.6) is 5.75 Å². The fourth-order valence-corrected chi connectivity index (χ4v) is 5.25. The first-order valence-corrected chi connectivity index (χ1v) is 13.3. The average Bonchev–Trinajstić information content (AvgIpc) is 2.83. The Morgan fingerprint density at radius 2 is 1.84 bits per heavy atom. The molecule has 4 atom stereocenters. The largest absolute Gasteiger partial charge is 0.490 e. The van der Waals surface area contributed by atoms with E-state index >= 15 is 0 Å². The van der Waals surface area contributed by atoms with Crippen LogP contribution in [0.25, 0.3) is 0 Å². The highest BCUT2D eigenvalue weighted by molar-refractivity contribution is 5.67. The Kier molecular flexibility index (Phi) is 9.70. The van der Waals surface area contributed by atoms with Gasteiger partial charge in [0, 0.05) is 24.1 Å². The van der Waals surface area contributed by atoms with Crippen LogP contribution in [-0.4, -0.2) is 28.8 Å². The van der Waals surface area contributed by atoms with Gasteiger partial charge in [-0.15, -0.1) is 0 Å². The second kappa shape index (κ2) is 12.4. The summed E-state index contributed by atoms with van der Waals surface area (Å²) in [5.74, 6) is -0.640. The van der Waals surface area contributed by atoms with Gasteiger partial charge < -0.3 is 20.3 Å². The molecule has 0 bridgehead atoms. The lowest BCUT2D eigenvalue weighted by Crippen LogP contribution is -2.39. The number of rotatable bonds is 11. The minimum atomic E-state index is -1.30. The van der Waals surface area contributed by atoms with Gasteiger partial charge in [0.25, 0.3) is 0 Å². The molecule has 1 aliphatic rings. The molecule has 3 unspecified atom stereocenters. The molecule has 2 aromatic carbocycles. The van der Waals surface area contributed by atoms with Crippen LogP contribution in [-0.2, 0) is 16.8 Å². The zero-order valence-electron chi connectivity index (χ0n) is 22.6. The standard InChI is InChI=1S/C30H41F2NO4/c1-18(2)23-12-6-19(3)14-27(23)37-22-10-8-21(9-11-22)30(4,5)33-17-26(34)24-15-20(7-13-28(35)36)16-25(31)29(24)32/h8-11,15-16,18-19,23,26-27,33-34H,6-7,12-14,17H2,1-5H3,(H,35,36)/t19?,23?,26-,27?/m1/s1. The maximum absolute atomic E-state index is 14.4. The number of aliphatic carboxylic acids is 1. The van der Waals surface area contributed by atoms with E-state index in [9.17, 15) is 18.7 Å². The molecule has 3 N–H and O–H groups in total. The monoisotopic (exact) mass is 517 g/mol. The fourth-order valence-electron chi connectivity index (χ4n) is 5.25. The van der Waals surface area contributed by atoms with Crippen LogP contribution in [0.1, 0.15) is 83.1 Å². The Balaban J connectivity index is 1.65. The molecule has 1 fully saturated rings. The van der Waals surface area contributed by atoms with Crippen molar-refractivity contribution in [2.75, 3.05) is 6.54 Å². The Morgan fingerprint density at radius 1 is 1.16 bits per heavy atom. The van der Waals surface area contributed by atoms with Gasteiger partial charge in [0.2, 0.25) is 0 Å². The van der Waals surface area contributed by atoms with E-state index < -0.39 is 29.2 Å². The smallest absolute Gasteiger partial charge is 0.303 e. The van der Waals surface area contributed by atoms with Crippen LogP contribution < -0.4 is 10.1 Å². The van der Waals surface area contributed by atoms with E-state index in [0.717, 1.165) is 23.8 Å². The van der Waals surface area contributed by atoms with Crippen molar-refractivity contribution in [3.63, 3.8) is 0 Å². The Morgan fingerprint density at radius 3 is 2.46 bits per heavy atom. The number of benzene rings is 2. The van der Waals surface area contributed by atoms with Crippen molar-refractivity contribution < 1.29 is 28.5 Å². The number of carboxylic acid groups (broad SMARTS) is 1. The number of hydrogen-bond acceptors (Lipinski definition) is 4. The molecule has 0 radical (unpaired) electrons. The van der Waals surface area contributed by atoms with Crippen molar-refractivity contribution in [3.8, 4) is 5.75 Å². The molecule has 5 nitrogen and oxygen atoms in total. The zero-order chi connectivity index (χ0) is 27.3. The number of aliphatic hydroxyl groups is 1. The topological polar surface area (TPSA) is 78.8 Å². The van der Waals surface area contributed by atoms with Gasteiger partial charge in [0.05, 0.1) is 6.10 Å². The molecule has 3 rings (SSSR count). The predicted octanol–water partition coefficient (Wildman–Crippen LogP) is 6.38. The first-order chi connectivity index (χ1) is 17.4. The number of ether oxygens (including phenoxy) is 1. The summed E-state index contributed by atoms with van der Waals surface area (Å²) in [7, 11) is 0. The number of aliphatic hydroxyl groups excluding tert-OH is 1. The van der Waals surface area contributed by atoms with Crippen molar-refractivity contribution in [3.05, 3.63) is 64.7 Å². The molecule has 0 saturated heterocycles. The lowest BCUT2D eigenvalue weighted by Gasteiger charge is -2.37. The molecule has 0 amide bonds. The molecular formula is C30H41F2NO4. The normalized spacial score (nSPS) is 21.2. The highest BCUT2D eigenvalue weighted by Crippen LogP contribution is 2.36. The molecule has 1 aliphatic carbocycles. The molecule has 204 valence electrons. The van der Waals surface area contributed by atoms with E-state index in [2.05, 4.69) is 26.1 Å². The maximum atomic E-state index is 14.4. The van der Waals surface area contributed by atoms with Gasteiger partial charge in [0.15, 0.2) is 11.6 Å². The van der Waals surface area contributed by atoms with Crippen molar-refractivity contribution in [1.82, 2.24) is 5.32 Å². The summed E-state index contributed by atoms with van der Waals surface area (Å²) in [6.07, 6.45) is 2.25. The first kappa shape index (κ1) is 29.1. The Bertz CT molecular complexity index is 1050. The Hall–Kier alpha value is -2.51. The number of halogens is 2. The molecule has 0 aromatic heterocycles. The number of carboxylic acids is 1. The van der Waals surface area contributed by atoms with E-state index in [1.807, 2.05) is 38.1 Å². The highest BCUT2D eigenvalue weighted by Gasteiger charge is 2.32. The van der Waals surface area contributed by atoms with E-state index in [1.165, 1.54) is 18.9 Å². The summed E-state index contributed by atoms with van der Waals surface area (Å²) in [4.78, 5) is 10.8. The van der Waals surface area contributed by atoms with Crippen LogP contribution in [0.4, 0.5) is 8.78 Å². The summed E-state index contributed by atoms with van der Waals surface area (Å²) in [6.45, 7) is 10.7. The van der Waals surface area contributed by atoms with Crippen molar-refractivity contribution >= 4 is 5.97 Å². The number of aryl methyl sites for hydroxylation is 1. The van der Waals surface area contributed by atoms with E-state index in [0.29, 0.717) is 23.3 Å². The summed E-state index contributed by atoms with van der Waals surface area (Å²) >= 11 is 0. The third kappa shape index (κ3) is 7.74. The third-order valence-corrected chi connectivity index (χ3v) is 7.66. The van der Waals surface area contributed by atoms with E-state index in [1.54, 1.807) is 0 Å². The van der Waals surface area contributed by atoms with Gasteiger partial charge in [0.1, 0.15) is 11.9 Å². The van der Waals surface area contributed by atoms with Gasteiger partial charge in [-0.05, 0) is 86.3 Å². The van der Waals surface area contributed by atoms with Crippen LogP contribution in [0.3, 0.4) is 0 Å². The number of carbonyl (C=O) groups is 1. The van der Waals surface area contributed by atoms with Crippen molar-refractivity contribution in [2.45, 2.75) is 84.5 Å². The number of nitrogens with one attached hydrogen (secondary N) is 1. The Labute approximate surface area is 219 Å². The molecule has 37 heavy (non-hydrogen) atoms. The molecule has 7 heteroatoms. The minimum absolute atomic E-state index is 0.0139. The van der Waals surface area contributed by atoms with Crippen LogP contribution in [0.2, 0.25) is 0 Å². The summed E-state index contributed by atoms with van der Waals surface area (Å²) in [5, 5.41) is 22.8. The predicted molar refractivity (Wildman–Crippen MR) is 141 cm³/mol. The van der Waals surface area contributed by atoms with Gasteiger partial charge in [-0.3, -0.25) is 4.79 Å².